The van der Waals surface area contributed by atoms with Gasteiger partial charge >= 0.3 is 0 Å². The Bertz CT molecular complexity index is 1010. The standard InChI is InChI=1S/C22H20F2N4O2/c1-14(4-3-9-30-21-6-5-16(12-25)13-26-21)22(29)28-20(7-8-27-28)17-10-18(23)15(2)19(24)11-17/h5-6,8,10-11,13,20H,1,3-4,7,9H2,2H3/t20-/m0/s1. The van der Waals surface area contributed by atoms with E-state index in [0.29, 0.717) is 48.4 Å². The summed E-state index contributed by atoms with van der Waals surface area (Å²) >= 11 is 0. The molecule has 0 saturated carbocycles. The van der Waals surface area contributed by atoms with Crippen LogP contribution in [0.2, 0.25) is 0 Å². The zero-order valence-corrected chi connectivity index (χ0v) is 16.4. The van der Waals surface area contributed by atoms with E-state index in [1.165, 1.54) is 30.3 Å². The lowest BCUT2D eigenvalue weighted by Gasteiger charge is -2.23. The van der Waals surface area contributed by atoms with E-state index in [9.17, 15) is 13.6 Å². The minimum Gasteiger partial charge on any atom is -0.478 e. The predicted molar refractivity (Wildman–Crippen MR) is 107 cm³/mol. The highest BCUT2D eigenvalue weighted by Gasteiger charge is 2.30. The lowest BCUT2D eigenvalue weighted by atomic mass is 10.0. The monoisotopic (exact) mass is 410 g/mol. The molecule has 3 rings (SSSR count). The maximum atomic E-state index is 13.9. The Hall–Kier alpha value is -3.60. The van der Waals surface area contributed by atoms with Crippen LogP contribution in [0.5, 0.6) is 5.88 Å². The molecule has 0 bridgehead atoms. The lowest BCUT2D eigenvalue weighted by molar-refractivity contribution is -0.129. The third-order valence-corrected chi connectivity index (χ3v) is 4.77. The maximum absolute atomic E-state index is 13.9. The Kier molecular flexibility index (Phi) is 6.52. The van der Waals surface area contributed by atoms with Crippen molar-refractivity contribution in [1.82, 2.24) is 9.99 Å². The van der Waals surface area contributed by atoms with Gasteiger partial charge in [-0.3, -0.25) is 4.79 Å². The van der Waals surface area contributed by atoms with Crippen molar-refractivity contribution in [1.29, 1.82) is 5.26 Å². The zero-order valence-electron chi connectivity index (χ0n) is 16.4. The molecular formula is C22H20F2N4O2. The van der Waals surface area contributed by atoms with Gasteiger partial charge in [-0.15, -0.1) is 0 Å². The molecule has 1 atom stereocenters. The zero-order chi connectivity index (χ0) is 21.7. The molecule has 0 spiro atoms. The maximum Gasteiger partial charge on any atom is 0.269 e. The Morgan fingerprint density at radius 2 is 2.10 bits per heavy atom. The number of ether oxygens (including phenoxy) is 1. The van der Waals surface area contributed by atoms with Crippen molar-refractivity contribution in [2.45, 2.75) is 32.2 Å². The Morgan fingerprint density at radius 3 is 2.73 bits per heavy atom. The van der Waals surface area contributed by atoms with Gasteiger partial charge in [0.05, 0.1) is 18.2 Å². The Labute approximate surface area is 173 Å². The molecule has 1 amide bonds. The van der Waals surface area contributed by atoms with Gasteiger partial charge < -0.3 is 4.74 Å². The summed E-state index contributed by atoms with van der Waals surface area (Å²) < 4.78 is 33.4. The first-order chi connectivity index (χ1) is 14.4. The average Bonchev–Trinajstić information content (AvgIpc) is 3.24. The minimum atomic E-state index is -0.656. The molecule has 6 nitrogen and oxygen atoms in total. The van der Waals surface area contributed by atoms with Crippen LogP contribution in [0.15, 0.2) is 47.7 Å². The number of benzene rings is 1. The van der Waals surface area contributed by atoms with Crippen molar-refractivity contribution in [3.63, 3.8) is 0 Å². The van der Waals surface area contributed by atoms with Gasteiger partial charge in [0.2, 0.25) is 5.88 Å². The lowest BCUT2D eigenvalue weighted by Crippen LogP contribution is -2.28. The minimum absolute atomic E-state index is 0.0586. The van der Waals surface area contributed by atoms with Gasteiger partial charge in [-0.25, -0.2) is 18.8 Å². The fourth-order valence-corrected chi connectivity index (χ4v) is 3.01. The molecule has 30 heavy (non-hydrogen) atoms. The van der Waals surface area contributed by atoms with Crippen molar-refractivity contribution in [2.24, 2.45) is 5.10 Å². The molecule has 1 aliphatic rings. The van der Waals surface area contributed by atoms with Gasteiger partial charge in [-0.2, -0.15) is 10.4 Å². The molecule has 1 aromatic carbocycles. The van der Waals surface area contributed by atoms with Crippen molar-refractivity contribution < 1.29 is 18.3 Å². The van der Waals surface area contributed by atoms with Crippen LogP contribution in [0, 0.1) is 29.9 Å². The highest BCUT2D eigenvalue weighted by molar-refractivity contribution is 5.94. The van der Waals surface area contributed by atoms with Gasteiger partial charge in [-0.1, -0.05) is 6.58 Å². The number of nitriles is 1. The summed E-state index contributed by atoms with van der Waals surface area (Å²) in [5.41, 5.74) is 1.06. The highest BCUT2D eigenvalue weighted by Crippen LogP contribution is 2.31. The quantitative estimate of drug-likeness (QED) is 0.506. The molecule has 2 aromatic rings. The van der Waals surface area contributed by atoms with Crippen LogP contribution >= 0.6 is 0 Å². The van der Waals surface area contributed by atoms with E-state index in [1.807, 2.05) is 6.07 Å². The molecule has 1 aliphatic heterocycles. The molecule has 0 unspecified atom stereocenters. The molecule has 154 valence electrons. The first-order valence-electron chi connectivity index (χ1n) is 9.39. The first kappa shape index (κ1) is 21.1. The van der Waals surface area contributed by atoms with Crippen LogP contribution in [-0.4, -0.2) is 28.7 Å². The van der Waals surface area contributed by atoms with Crippen molar-refractivity contribution >= 4 is 12.1 Å². The average molecular weight is 410 g/mol. The van der Waals surface area contributed by atoms with E-state index >= 15 is 0 Å². The van der Waals surface area contributed by atoms with E-state index < -0.39 is 23.6 Å². The fraction of sp³-hybridized carbons (Fsp3) is 0.273. The number of halogens is 2. The van der Waals surface area contributed by atoms with Gasteiger partial charge in [0, 0.05) is 36.0 Å². The summed E-state index contributed by atoms with van der Waals surface area (Å²) in [6, 6.07) is 7.08. The number of hydrazone groups is 1. The van der Waals surface area contributed by atoms with Crippen LogP contribution in [0.1, 0.15) is 42.0 Å². The summed E-state index contributed by atoms with van der Waals surface area (Å²) in [6.07, 6.45) is 4.21. The number of aromatic nitrogens is 1. The van der Waals surface area contributed by atoms with Crippen LogP contribution in [-0.2, 0) is 4.79 Å². The number of rotatable bonds is 7. The molecule has 2 heterocycles. The number of nitrogens with zero attached hydrogens (tertiary/aromatic N) is 4. The second-order valence-electron chi connectivity index (χ2n) is 6.86. The second-order valence-corrected chi connectivity index (χ2v) is 6.86. The number of hydrogen-bond acceptors (Lipinski definition) is 5. The number of pyridine rings is 1. The number of carbonyl (C=O) groups is 1. The largest absolute Gasteiger partial charge is 0.478 e. The van der Waals surface area contributed by atoms with E-state index in [0.717, 1.165) is 0 Å². The van der Waals surface area contributed by atoms with Crippen molar-refractivity contribution in [2.75, 3.05) is 6.61 Å². The van der Waals surface area contributed by atoms with E-state index in [4.69, 9.17) is 10.00 Å². The molecule has 1 aromatic heterocycles. The smallest absolute Gasteiger partial charge is 0.269 e. The van der Waals surface area contributed by atoms with Crippen LogP contribution < -0.4 is 4.74 Å². The SMILES string of the molecule is C=C(CCCOc1ccc(C#N)cn1)C(=O)N1N=CC[C@H]1c1cc(F)c(C)c(F)c1. The summed E-state index contributed by atoms with van der Waals surface area (Å²) in [7, 11) is 0. The van der Waals surface area contributed by atoms with Crippen LogP contribution in [0.4, 0.5) is 8.78 Å². The molecule has 0 radical (unpaired) electrons. The van der Waals surface area contributed by atoms with Crippen LogP contribution in [0.25, 0.3) is 0 Å². The summed E-state index contributed by atoms with van der Waals surface area (Å²) in [5, 5.41) is 14.0. The normalized spacial score (nSPS) is 15.1. The van der Waals surface area contributed by atoms with E-state index in [-0.39, 0.29) is 5.56 Å². The van der Waals surface area contributed by atoms with Crippen molar-refractivity contribution in [3.8, 4) is 11.9 Å². The van der Waals surface area contributed by atoms with Gasteiger partial charge in [0.25, 0.3) is 5.91 Å². The second kappa shape index (κ2) is 9.27. The third-order valence-electron chi connectivity index (χ3n) is 4.77. The number of hydrogen-bond donors (Lipinski definition) is 0. The summed E-state index contributed by atoms with van der Waals surface area (Å²) in [6.45, 7) is 5.50. The Morgan fingerprint density at radius 1 is 1.37 bits per heavy atom. The Balaban J connectivity index is 1.55. The molecule has 0 N–H and O–H groups in total. The third kappa shape index (κ3) is 4.69. The molecule has 0 saturated heterocycles. The van der Waals surface area contributed by atoms with Gasteiger partial charge in [-0.05, 0) is 43.5 Å². The molecule has 8 heteroatoms. The molecule has 0 aliphatic carbocycles. The molecular weight excluding hydrogens is 390 g/mol. The van der Waals surface area contributed by atoms with Crippen LogP contribution in [0.3, 0.4) is 0 Å². The summed E-state index contributed by atoms with van der Waals surface area (Å²) in [4.78, 5) is 16.7. The van der Waals surface area contributed by atoms with Gasteiger partial charge in [0.1, 0.15) is 17.7 Å². The highest BCUT2D eigenvalue weighted by atomic mass is 19.1. The number of carbonyl (C=O) groups excluding carboxylic acids is 1. The summed E-state index contributed by atoms with van der Waals surface area (Å²) in [5.74, 6) is -1.32. The van der Waals surface area contributed by atoms with E-state index in [1.54, 1.807) is 18.3 Å². The van der Waals surface area contributed by atoms with E-state index in [2.05, 4.69) is 16.7 Å². The predicted octanol–water partition coefficient (Wildman–Crippen LogP) is 4.21. The first-order valence-corrected chi connectivity index (χ1v) is 9.39. The van der Waals surface area contributed by atoms with Gasteiger partial charge in [0.15, 0.2) is 0 Å². The van der Waals surface area contributed by atoms with Crippen molar-refractivity contribution in [3.05, 3.63) is 70.9 Å². The topological polar surface area (TPSA) is 78.6 Å². The number of amides is 1. The fourth-order valence-electron chi connectivity index (χ4n) is 3.01. The molecule has 0 fully saturated rings.